The van der Waals surface area contributed by atoms with Gasteiger partial charge in [-0.25, -0.2) is 0 Å². The molecule has 0 aliphatic carbocycles. The van der Waals surface area contributed by atoms with E-state index in [0.29, 0.717) is 6.42 Å². The van der Waals surface area contributed by atoms with E-state index in [1.165, 1.54) is 0 Å². The van der Waals surface area contributed by atoms with Gasteiger partial charge in [0.05, 0.1) is 0 Å². The second-order valence-electron chi connectivity index (χ2n) is 2.15. The first-order valence-electron chi connectivity index (χ1n) is 3.19. The molecule has 0 amide bonds. The van der Waals surface area contributed by atoms with Gasteiger partial charge in [-0.1, -0.05) is 19.8 Å². The topological polar surface area (TPSA) is 0 Å². The molecule has 0 aliphatic rings. The molecule has 10 heavy (non-hydrogen) atoms. The Morgan fingerprint density at radius 3 is 2.30 bits per heavy atom. The van der Waals surface area contributed by atoms with E-state index >= 15 is 0 Å². The maximum Gasteiger partial charge on any atom is 0.337 e. The second kappa shape index (κ2) is 4.35. The van der Waals surface area contributed by atoms with E-state index in [4.69, 9.17) is 11.6 Å². The number of hydrogen-bond donors (Lipinski definition) is 0. The van der Waals surface area contributed by atoms with E-state index in [1.807, 2.05) is 6.92 Å². The van der Waals surface area contributed by atoms with Crippen LogP contribution >= 0.6 is 23.2 Å². The fourth-order valence-electron chi connectivity index (χ4n) is 0.547. The Labute approximate surface area is 69.5 Å². The smallest absolute Gasteiger partial charge is 0.187 e. The van der Waals surface area contributed by atoms with Crippen molar-refractivity contribution in [2.75, 3.05) is 0 Å². The summed E-state index contributed by atoms with van der Waals surface area (Å²) >= 11 is 9.91. The van der Waals surface area contributed by atoms with Crippen molar-refractivity contribution in [3.63, 3.8) is 0 Å². The van der Waals surface area contributed by atoms with Gasteiger partial charge in [0.15, 0.2) is 0 Å². The van der Waals surface area contributed by atoms with Gasteiger partial charge < -0.3 is 0 Å². The Hall–Kier alpha value is 0.440. The van der Waals surface area contributed by atoms with Crippen LogP contribution in [0.25, 0.3) is 0 Å². The molecule has 4 heteroatoms. The van der Waals surface area contributed by atoms with E-state index < -0.39 is 10.8 Å². The van der Waals surface area contributed by atoms with Gasteiger partial charge in [0, 0.05) is 0 Å². The number of hydrogen-bond acceptors (Lipinski definition) is 0. The molecule has 0 radical (unpaired) electrons. The van der Waals surface area contributed by atoms with Crippen LogP contribution < -0.4 is 0 Å². The third kappa shape index (κ3) is 4.29. The van der Waals surface area contributed by atoms with E-state index in [1.54, 1.807) is 0 Å². The summed E-state index contributed by atoms with van der Waals surface area (Å²) in [5.74, 6) is 0. The van der Waals surface area contributed by atoms with Crippen molar-refractivity contribution < 1.29 is 8.78 Å². The van der Waals surface area contributed by atoms with Crippen LogP contribution in [0.4, 0.5) is 8.78 Å². The van der Waals surface area contributed by atoms with Crippen LogP contribution in [0, 0.1) is 0 Å². The lowest BCUT2D eigenvalue weighted by atomic mass is 10.2. The van der Waals surface area contributed by atoms with Gasteiger partial charge in [0.25, 0.3) is 0 Å². The minimum Gasteiger partial charge on any atom is -0.187 e. The standard InChI is InChI=1S/C6H10Cl2F2/c1-2-3-4-5(7)6(8,9)10/h5H,2-4H2,1H3. The summed E-state index contributed by atoms with van der Waals surface area (Å²) in [6.07, 6.45) is 1.82. The van der Waals surface area contributed by atoms with E-state index in [9.17, 15) is 8.78 Å². The molecule has 0 bridgehead atoms. The minimum absolute atomic E-state index is 0.272. The monoisotopic (exact) mass is 190 g/mol. The van der Waals surface area contributed by atoms with Crippen molar-refractivity contribution in [2.45, 2.75) is 36.9 Å². The summed E-state index contributed by atoms with van der Waals surface area (Å²) < 4.78 is 24.1. The van der Waals surface area contributed by atoms with Gasteiger partial charge in [-0.15, -0.1) is 11.6 Å². The zero-order valence-corrected chi connectivity index (χ0v) is 7.22. The lowest BCUT2D eigenvalue weighted by Gasteiger charge is -2.13. The molecule has 1 atom stereocenters. The Kier molecular flexibility index (Phi) is 4.54. The normalized spacial score (nSPS) is 15.3. The van der Waals surface area contributed by atoms with Gasteiger partial charge >= 0.3 is 5.38 Å². The Bertz CT molecular complexity index is 90.2. The van der Waals surface area contributed by atoms with Crippen molar-refractivity contribution >= 4 is 23.2 Å². The highest BCUT2D eigenvalue weighted by atomic mass is 35.5. The molecule has 0 heterocycles. The van der Waals surface area contributed by atoms with Crippen molar-refractivity contribution in [1.82, 2.24) is 0 Å². The van der Waals surface area contributed by atoms with Crippen LogP contribution in [0.5, 0.6) is 0 Å². The van der Waals surface area contributed by atoms with Gasteiger partial charge in [-0.3, -0.25) is 0 Å². The molecule has 62 valence electrons. The largest absolute Gasteiger partial charge is 0.337 e. The molecule has 1 unspecified atom stereocenters. The highest BCUT2D eigenvalue weighted by molar-refractivity contribution is 6.30. The third-order valence-electron chi connectivity index (χ3n) is 1.17. The zero-order chi connectivity index (χ0) is 8.20. The fraction of sp³-hybridized carbons (Fsp3) is 1.00. The van der Waals surface area contributed by atoms with E-state index in [0.717, 1.165) is 6.42 Å². The number of unbranched alkanes of at least 4 members (excludes halogenated alkanes) is 1. The first kappa shape index (κ1) is 10.4. The molecule has 0 aliphatic heterocycles. The van der Waals surface area contributed by atoms with Gasteiger partial charge in [-0.2, -0.15) is 8.78 Å². The lowest BCUT2D eigenvalue weighted by Crippen LogP contribution is -2.21. The highest BCUT2D eigenvalue weighted by Gasteiger charge is 2.34. The SMILES string of the molecule is CCCCC(Cl)C(F)(F)Cl. The van der Waals surface area contributed by atoms with Gasteiger partial charge in [-0.05, 0) is 18.0 Å². The van der Waals surface area contributed by atoms with Crippen LogP contribution in [0.2, 0.25) is 0 Å². The fourth-order valence-corrected chi connectivity index (χ4v) is 0.810. The lowest BCUT2D eigenvalue weighted by molar-refractivity contribution is 0.0874. The first-order valence-corrected chi connectivity index (χ1v) is 4.00. The molecule has 0 aromatic carbocycles. The summed E-state index contributed by atoms with van der Waals surface area (Å²) in [7, 11) is 0. The molecule has 0 saturated carbocycles. The maximum absolute atomic E-state index is 12.1. The van der Waals surface area contributed by atoms with Crippen LogP contribution in [0.1, 0.15) is 26.2 Å². The summed E-state index contributed by atoms with van der Waals surface area (Å²) in [4.78, 5) is 0. The van der Waals surface area contributed by atoms with Crippen LogP contribution in [0.15, 0.2) is 0 Å². The van der Waals surface area contributed by atoms with Crippen molar-refractivity contribution in [2.24, 2.45) is 0 Å². The molecule has 0 rings (SSSR count). The van der Waals surface area contributed by atoms with Crippen molar-refractivity contribution in [3.05, 3.63) is 0 Å². The quantitative estimate of drug-likeness (QED) is 0.595. The second-order valence-corrected chi connectivity index (χ2v) is 3.18. The Morgan fingerprint density at radius 2 is 2.00 bits per heavy atom. The van der Waals surface area contributed by atoms with Crippen LogP contribution in [0.3, 0.4) is 0 Å². The van der Waals surface area contributed by atoms with E-state index in [-0.39, 0.29) is 6.42 Å². The average molecular weight is 191 g/mol. The third-order valence-corrected chi connectivity index (χ3v) is 2.03. The molecule has 0 aromatic rings. The molecule has 0 spiro atoms. The minimum atomic E-state index is -3.25. The predicted octanol–water partition coefficient (Wildman–Crippen LogP) is 3.62. The number of halogens is 4. The van der Waals surface area contributed by atoms with Crippen LogP contribution in [-0.4, -0.2) is 10.8 Å². The molecule has 0 saturated heterocycles. The number of alkyl halides is 4. The Balaban J connectivity index is 3.52. The summed E-state index contributed by atoms with van der Waals surface area (Å²) in [5, 5.41) is -4.48. The molecular weight excluding hydrogens is 181 g/mol. The number of rotatable bonds is 4. The van der Waals surface area contributed by atoms with E-state index in [2.05, 4.69) is 11.6 Å². The predicted molar refractivity (Wildman–Crippen MR) is 40.0 cm³/mol. The van der Waals surface area contributed by atoms with Gasteiger partial charge in [0.2, 0.25) is 0 Å². The molecule has 0 N–H and O–H groups in total. The zero-order valence-electron chi connectivity index (χ0n) is 5.71. The molecule has 0 fully saturated rings. The van der Waals surface area contributed by atoms with Crippen molar-refractivity contribution in [1.29, 1.82) is 0 Å². The summed E-state index contributed by atoms with van der Waals surface area (Å²) in [6, 6.07) is 0. The van der Waals surface area contributed by atoms with Crippen LogP contribution in [-0.2, 0) is 0 Å². The van der Waals surface area contributed by atoms with Gasteiger partial charge in [0.1, 0.15) is 5.38 Å². The average Bonchev–Trinajstić information content (AvgIpc) is 1.80. The summed E-state index contributed by atoms with van der Waals surface area (Å²) in [6.45, 7) is 1.91. The molecule has 0 aromatic heterocycles. The Morgan fingerprint density at radius 1 is 1.50 bits per heavy atom. The molecule has 0 nitrogen and oxygen atoms in total. The first-order chi connectivity index (χ1) is 4.48. The van der Waals surface area contributed by atoms with Crippen molar-refractivity contribution in [3.8, 4) is 0 Å². The molecular formula is C6H10Cl2F2. The summed E-state index contributed by atoms with van der Waals surface area (Å²) in [5.41, 5.74) is 0. The highest BCUT2D eigenvalue weighted by Crippen LogP contribution is 2.30. The maximum atomic E-state index is 12.1.